The van der Waals surface area contributed by atoms with Crippen LogP contribution in [-0.2, 0) is 22.2 Å². The van der Waals surface area contributed by atoms with Crippen molar-refractivity contribution in [1.82, 2.24) is 5.32 Å². The number of nitrogens with one attached hydrogen (secondary N) is 1. The number of alkyl halides is 3. The average Bonchev–Trinajstić information content (AvgIpc) is 2.93. The largest absolute Gasteiger partial charge is 0.478 e. The van der Waals surface area contributed by atoms with Gasteiger partial charge in [0.05, 0.1) is 23.3 Å². The number of carbonyl (C=O) groups excluding carboxylic acids is 1. The number of halogens is 3. The second-order valence-corrected chi connectivity index (χ2v) is 6.67. The van der Waals surface area contributed by atoms with Crippen molar-refractivity contribution in [1.29, 1.82) is 0 Å². The summed E-state index contributed by atoms with van der Waals surface area (Å²) >= 11 is 0. The van der Waals surface area contributed by atoms with E-state index in [1.54, 1.807) is 48.6 Å². The van der Waals surface area contributed by atoms with Crippen molar-refractivity contribution in [3.05, 3.63) is 95.2 Å². The Morgan fingerprint density at radius 3 is 2.43 bits per heavy atom. The smallest absolute Gasteiger partial charge is 0.416 e. The molecule has 0 aromatic heterocycles. The van der Waals surface area contributed by atoms with E-state index in [1.807, 2.05) is 0 Å². The molecule has 2 aromatic rings. The van der Waals surface area contributed by atoms with Crippen molar-refractivity contribution in [2.24, 2.45) is 0 Å². The van der Waals surface area contributed by atoms with E-state index in [2.05, 4.69) is 5.32 Å². The van der Waals surface area contributed by atoms with E-state index in [1.165, 1.54) is 12.1 Å². The number of aliphatic carboxylic acids is 1. The number of carboxylic acids is 1. The molecule has 0 fully saturated rings. The number of hydrogen-bond donors (Lipinski definition) is 2. The fraction of sp³-hybridized carbons (Fsp3) is 0.130. The van der Waals surface area contributed by atoms with Gasteiger partial charge in [0, 0.05) is 0 Å². The Morgan fingerprint density at radius 1 is 1.03 bits per heavy atom. The summed E-state index contributed by atoms with van der Waals surface area (Å²) in [5, 5.41) is 11.9. The molecule has 1 aliphatic carbocycles. The Morgan fingerprint density at radius 2 is 1.73 bits per heavy atom. The van der Waals surface area contributed by atoms with Crippen LogP contribution in [0.4, 0.5) is 13.2 Å². The molecule has 0 saturated heterocycles. The Hall–Kier alpha value is -3.61. The SMILES string of the molecule is O=C(Cc1cccc(-c2cccc(C(F)(F)F)c2)c1)NC1=CCC=CC=C1C(=O)O. The number of benzene rings is 2. The minimum absolute atomic E-state index is 0.0187. The predicted octanol–water partition coefficient (Wildman–Crippen LogP) is 4.89. The minimum Gasteiger partial charge on any atom is -0.478 e. The van der Waals surface area contributed by atoms with Gasteiger partial charge in [0.25, 0.3) is 0 Å². The second-order valence-electron chi connectivity index (χ2n) is 6.67. The van der Waals surface area contributed by atoms with Crippen molar-refractivity contribution < 1.29 is 27.9 Å². The molecule has 0 aliphatic heterocycles. The maximum Gasteiger partial charge on any atom is 0.416 e. The quantitative estimate of drug-likeness (QED) is 0.734. The van der Waals surface area contributed by atoms with Gasteiger partial charge in [0.2, 0.25) is 5.91 Å². The molecule has 0 atom stereocenters. The molecule has 30 heavy (non-hydrogen) atoms. The summed E-state index contributed by atoms with van der Waals surface area (Å²) in [6, 6.07) is 11.6. The van der Waals surface area contributed by atoms with Crippen molar-refractivity contribution >= 4 is 11.9 Å². The Kier molecular flexibility index (Phi) is 6.20. The summed E-state index contributed by atoms with van der Waals surface area (Å²) < 4.78 is 38.9. The van der Waals surface area contributed by atoms with Crippen LogP contribution in [0.3, 0.4) is 0 Å². The number of hydrogen-bond acceptors (Lipinski definition) is 2. The molecule has 0 unspecified atom stereocenters. The minimum atomic E-state index is -4.44. The van der Waals surface area contributed by atoms with Crippen molar-refractivity contribution in [2.45, 2.75) is 19.0 Å². The zero-order chi connectivity index (χ0) is 21.7. The number of allylic oxidation sites excluding steroid dienone is 4. The Labute approximate surface area is 171 Å². The lowest BCUT2D eigenvalue weighted by molar-refractivity contribution is -0.137. The Balaban J connectivity index is 1.77. The predicted molar refractivity (Wildman–Crippen MR) is 106 cm³/mol. The van der Waals surface area contributed by atoms with Gasteiger partial charge in [-0.05, 0) is 41.3 Å². The van der Waals surface area contributed by atoms with E-state index in [4.69, 9.17) is 0 Å². The van der Waals surface area contributed by atoms with E-state index < -0.39 is 23.6 Å². The summed E-state index contributed by atoms with van der Waals surface area (Å²) in [6.07, 6.45) is 2.39. The molecular weight excluding hydrogens is 395 g/mol. The number of carbonyl (C=O) groups is 2. The fourth-order valence-electron chi connectivity index (χ4n) is 3.05. The average molecular weight is 413 g/mol. The molecule has 2 aromatic carbocycles. The van der Waals surface area contributed by atoms with Crippen LogP contribution in [0.2, 0.25) is 0 Å². The van der Waals surface area contributed by atoms with Gasteiger partial charge in [-0.15, -0.1) is 0 Å². The van der Waals surface area contributed by atoms with Crippen LogP contribution in [0, 0.1) is 0 Å². The molecular formula is C23H18F3NO3. The third-order valence-corrected chi connectivity index (χ3v) is 4.47. The fourth-order valence-corrected chi connectivity index (χ4v) is 3.05. The zero-order valence-corrected chi connectivity index (χ0v) is 15.7. The van der Waals surface area contributed by atoms with Gasteiger partial charge in [-0.3, -0.25) is 4.79 Å². The van der Waals surface area contributed by atoms with E-state index in [0.717, 1.165) is 12.1 Å². The van der Waals surface area contributed by atoms with Gasteiger partial charge in [-0.25, -0.2) is 4.79 Å². The molecule has 0 radical (unpaired) electrons. The molecule has 2 N–H and O–H groups in total. The normalized spacial score (nSPS) is 13.8. The van der Waals surface area contributed by atoms with Crippen molar-refractivity contribution in [3.63, 3.8) is 0 Å². The summed E-state index contributed by atoms with van der Waals surface area (Å²) in [5.74, 6) is -1.57. The summed E-state index contributed by atoms with van der Waals surface area (Å²) in [6.45, 7) is 0. The lowest BCUT2D eigenvalue weighted by Crippen LogP contribution is -2.27. The molecule has 154 valence electrons. The highest BCUT2D eigenvalue weighted by Gasteiger charge is 2.30. The standard InChI is InChI=1S/C23H18F3NO3/c24-23(25,26)18-9-5-8-17(14-18)16-7-4-6-15(12-16)13-21(28)27-20-11-3-1-2-10-19(20)22(29)30/h1-2,4-12,14H,3,13H2,(H,27,28)(H,29,30). The molecule has 0 heterocycles. The van der Waals surface area contributed by atoms with Crippen LogP contribution in [0.1, 0.15) is 17.5 Å². The van der Waals surface area contributed by atoms with Crippen LogP contribution < -0.4 is 5.32 Å². The van der Waals surface area contributed by atoms with Crippen LogP contribution >= 0.6 is 0 Å². The van der Waals surface area contributed by atoms with Gasteiger partial charge < -0.3 is 10.4 Å². The van der Waals surface area contributed by atoms with Crippen LogP contribution in [0.15, 0.2) is 84.1 Å². The van der Waals surface area contributed by atoms with Gasteiger partial charge in [0.1, 0.15) is 0 Å². The second kappa shape index (κ2) is 8.82. The van der Waals surface area contributed by atoms with E-state index in [0.29, 0.717) is 23.1 Å². The maximum atomic E-state index is 13.0. The topological polar surface area (TPSA) is 66.4 Å². The molecule has 1 aliphatic rings. The summed E-state index contributed by atoms with van der Waals surface area (Å²) in [4.78, 5) is 23.8. The summed E-state index contributed by atoms with van der Waals surface area (Å²) in [7, 11) is 0. The van der Waals surface area contributed by atoms with E-state index in [9.17, 15) is 27.9 Å². The molecule has 7 heteroatoms. The highest BCUT2D eigenvalue weighted by Crippen LogP contribution is 2.32. The van der Waals surface area contributed by atoms with Gasteiger partial charge in [0.15, 0.2) is 0 Å². The monoisotopic (exact) mass is 413 g/mol. The Bertz CT molecular complexity index is 1070. The van der Waals surface area contributed by atoms with E-state index >= 15 is 0 Å². The first kappa shape index (κ1) is 21.1. The van der Waals surface area contributed by atoms with Crippen molar-refractivity contribution in [3.8, 4) is 11.1 Å². The zero-order valence-electron chi connectivity index (χ0n) is 15.7. The highest BCUT2D eigenvalue weighted by molar-refractivity contribution is 5.94. The number of rotatable bonds is 5. The molecule has 1 amide bonds. The van der Waals surface area contributed by atoms with Crippen molar-refractivity contribution in [2.75, 3.05) is 0 Å². The molecule has 3 rings (SSSR count). The van der Waals surface area contributed by atoms with Gasteiger partial charge in [-0.1, -0.05) is 54.6 Å². The lowest BCUT2D eigenvalue weighted by Gasteiger charge is -2.12. The third kappa shape index (κ3) is 5.26. The first-order valence-corrected chi connectivity index (χ1v) is 9.11. The summed E-state index contributed by atoms with van der Waals surface area (Å²) in [5.41, 5.74) is 0.984. The first-order chi connectivity index (χ1) is 14.2. The third-order valence-electron chi connectivity index (χ3n) is 4.47. The van der Waals surface area contributed by atoms with E-state index in [-0.39, 0.29) is 17.7 Å². The molecule has 0 spiro atoms. The van der Waals surface area contributed by atoms with Crippen LogP contribution in [0.5, 0.6) is 0 Å². The first-order valence-electron chi connectivity index (χ1n) is 9.11. The van der Waals surface area contributed by atoms with Crippen LogP contribution in [-0.4, -0.2) is 17.0 Å². The number of carboxylic acid groups (broad SMARTS) is 1. The van der Waals surface area contributed by atoms with Gasteiger partial charge in [-0.2, -0.15) is 13.2 Å². The lowest BCUT2D eigenvalue weighted by atomic mass is 9.99. The van der Waals surface area contributed by atoms with Crippen LogP contribution in [0.25, 0.3) is 11.1 Å². The number of amides is 1. The molecule has 4 nitrogen and oxygen atoms in total. The van der Waals surface area contributed by atoms with Gasteiger partial charge >= 0.3 is 12.1 Å². The highest BCUT2D eigenvalue weighted by atomic mass is 19.4. The maximum absolute atomic E-state index is 13.0. The molecule has 0 bridgehead atoms. The molecule has 0 saturated carbocycles.